The van der Waals surface area contributed by atoms with Crippen molar-refractivity contribution in [2.75, 3.05) is 0 Å². The summed E-state index contributed by atoms with van der Waals surface area (Å²) in [5.41, 5.74) is 3.04. The summed E-state index contributed by atoms with van der Waals surface area (Å²) in [6.07, 6.45) is 3.78. The van der Waals surface area contributed by atoms with Gasteiger partial charge in [-0.05, 0) is 30.7 Å². The Labute approximate surface area is 135 Å². The predicted octanol–water partition coefficient (Wildman–Crippen LogP) is 4.56. The van der Waals surface area contributed by atoms with Crippen LogP contribution in [0.2, 0.25) is 5.02 Å². The number of allylic oxidation sites excluding steroid dienone is 4. The summed E-state index contributed by atoms with van der Waals surface area (Å²) < 4.78 is 0. The fourth-order valence-corrected chi connectivity index (χ4v) is 2.69. The molecular formula is C18H16ClN3. The SMILES string of the molecule is CC1=C(C#N)C(C)(C)C(C#N)=C(/C=C/c2ccc(Cl)cc2)N1. The number of halogens is 1. The molecular weight excluding hydrogens is 294 g/mol. The van der Waals surface area contributed by atoms with Crippen molar-refractivity contribution < 1.29 is 0 Å². The molecule has 0 aromatic heterocycles. The molecule has 0 bridgehead atoms. The second kappa shape index (κ2) is 6.10. The molecule has 4 heteroatoms. The van der Waals surface area contributed by atoms with Crippen molar-refractivity contribution in [1.29, 1.82) is 10.5 Å². The van der Waals surface area contributed by atoms with E-state index in [1.54, 1.807) is 0 Å². The van der Waals surface area contributed by atoms with Gasteiger partial charge in [-0.3, -0.25) is 0 Å². The van der Waals surface area contributed by atoms with Gasteiger partial charge in [0.2, 0.25) is 0 Å². The van der Waals surface area contributed by atoms with E-state index in [0.29, 0.717) is 16.2 Å². The zero-order valence-corrected chi connectivity index (χ0v) is 13.5. The van der Waals surface area contributed by atoms with Crippen LogP contribution in [-0.2, 0) is 0 Å². The minimum absolute atomic E-state index is 0.555. The third-order valence-corrected chi connectivity index (χ3v) is 4.00. The van der Waals surface area contributed by atoms with Gasteiger partial charge < -0.3 is 5.32 Å². The smallest absolute Gasteiger partial charge is 0.0978 e. The molecule has 0 saturated carbocycles. The van der Waals surface area contributed by atoms with Crippen LogP contribution in [0.3, 0.4) is 0 Å². The summed E-state index contributed by atoms with van der Waals surface area (Å²) in [5.74, 6) is 0. The molecule has 0 unspecified atom stereocenters. The molecule has 0 amide bonds. The van der Waals surface area contributed by atoms with Gasteiger partial charge in [0.25, 0.3) is 0 Å². The molecule has 0 spiro atoms. The zero-order valence-electron chi connectivity index (χ0n) is 12.7. The summed E-state index contributed by atoms with van der Waals surface area (Å²) in [6.45, 7) is 5.64. The van der Waals surface area contributed by atoms with Crippen molar-refractivity contribution in [3.63, 3.8) is 0 Å². The van der Waals surface area contributed by atoms with Crippen molar-refractivity contribution in [3.05, 3.63) is 63.5 Å². The standard InChI is InChI=1S/C18H16ClN3/c1-12-15(10-20)18(2,3)16(11-21)17(22-12)9-6-13-4-7-14(19)8-5-13/h4-9,22H,1-3H3/b9-6+. The van der Waals surface area contributed by atoms with Crippen LogP contribution in [0, 0.1) is 28.1 Å². The molecule has 3 nitrogen and oxygen atoms in total. The third-order valence-electron chi connectivity index (χ3n) is 3.75. The summed E-state index contributed by atoms with van der Waals surface area (Å²) in [4.78, 5) is 0. The van der Waals surface area contributed by atoms with E-state index in [4.69, 9.17) is 11.6 Å². The Kier molecular flexibility index (Phi) is 4.40. The molecule has 0 radical (unpaired) electrons. The van der Waals surface area contributed by atoms with E-state index in [1.165, 1.54) is 0 Å². The fraction of sp³-hybridized carbons (Fsp3) is 0.222. The summed E-state index contributed by atoms with van der Waals surface area (Å²) in [7, 11) is 0. The monoisotopic (exact) mass is 309 g/mol. The van der Waals surface area contributed by atoms with Crippen LogP contribution in [-0.4, -0.2) is 0 Å². The number of nitriles is 2. The summed E-state index contributed by atoms with van der Waals surface area (Å²) in [5, 5.41) is 22.7. The highest BCUT2D eigenvalue weighted by Crippen LogP contribution is 2.40. The van der Waals surface area contributed by atoms with Crippen molar-refractivity contribution in [2.24, 2.45) is 5.41 Å². The number of benzene rings is 1. The Morgan fingerprint density at radius 1 is 1.05 bits per heavy atom. The number of nitrogens with zero attached hydrogens (tertiary/aromatic N) is 2. The molecule has 1 aromatic carbocycles. The maximum absolute atomic E-state index is 9.50. The highest BCUT2D eigenvalue weighted by atomic mass is 35.5. The normalized spacial score (nSPS) is 17.2. The van der Waals surface area contributed by atoms with Gasteiger partial charge in [-0.1, -0.05) is 43.7 Å². The lowest BCUT2D eigenvalue weighted by Crippen LogP contribution is -2.30. The minimum Gasteiger partial charge on any atom is -0.357 e. The molecule has 1 aromatic rings. The first-order valence-corrected chi connectivity index (χ1v) is 7.25. The summed E-state index contributed by atoms with van der Waals surface area (Å²) >= 11 is 5.87. The predicted molar refractivity (Wildman–Crippen MR) is 88.4 cm³/mol. The molecule has 0 atom stereocenters. The van der Waals surface area contributed by atoms with E-state index in [0.717, 1.165) is 17.0 Å². The van der Waals surface area contributed by atoms with Crippen molar-refractivity contribution in [3.8, 4) is 12.1 Å². The first kappa shape index (κ1) is 15.9. The maximum Gasteiger partial charge on any atom is 0.0978 e. The van der Waals surface area contributed by atoms with Gasteiger partial charge in [0, 0.05) is 16.1 Å². The van der Waals surface area contributed by atoms with Gasteiger partial charge >= 0.3 is 0 Å². The van der Waals surface area contributed by atoms with Gasteiger partial charge in [-0.2, -0.15) is 10.5 Å². The highest BCUT2D eigenvalue weighted by molar-refractivity contribution is 6.30. The molecule has 1 aliphatic heterocycles. The maximum atomic E-state index is 9.50. The van der Waals surface area contributed by atoms with Crippen LogP contribution in [0.1, 0.15) is 26.3 Å². The second-order valence-corrected chi connectivity index (χ2v) is 6.08. The number of hydrogen-bond donors (Lipinski definition) is 1. The van der Waals surface area contributed by atoms with E-state index >= 15 is 0 Å². The third kappa shape index (κ3) is 2.91. The molecule has 110 valence electrons. The Morgan fingerprint density at radius 3 is 2.18 bits per heavy atom. The topological polar surface area (TPSA) is 59.6 Å². The van der Waals surface area contributed by atoms with Gasteiger partial charge in [-0.25, -0.2) is 0 Å². The van der Waals surface area contributed by atoms with Crippen LogP contribution in [0.25, 0.3) is 6.08 Å². The van der Waals surface area contributed by atoms with Crippen LogP contribution in [0.5, 0.6) is 0 Å². The Morgan fingerprint density at radius 2 is 1.64 bits per heavy atom. The van der Waals surface area contributed by atoms with Crippen LogP contribution >= 0.6 is 11.6 Å². The van der Waals surface area contributed by atoms with E-state index in [2.05, 4.69) is 17.5 Å². The molecule has 0 aliphatic carbocycles. The van der Waals surface area contributed by atoms with E-state index in [-0.39, 0.29) is 0 Å². The first-order chi connectivity index (χ1) is 10.4. The molecule has 2 rings (SSSR count). The second-order valence-electron chi connectivity index (χ2n) is 5.65. The number of dihydropyridines is 1. The quantitative estimate of drug-likeness (QED) is 0.871. The van der Waals surface area contributed by atoms with Gasteiger partial charge in [0.05, 0.1) is 29.0 Å². The first-order valence-electron chi connectivity index (χ1n) is 6.87. The molecule has 22 heavy (non-hydrogen) atoms. The van der Waals surface area contributed by atoms with E-state index in [9.17, 15) is 10.5 Å². The number of nitrogens with one attached hydrogen (secondary N) is 1. The lowest BCUT2D eigenvalue weighted by atomic mass is 9.74. The minimum atomic E-state index is -0.599. The number of rotatable bonds is 2. The van der Waals surface area contributed by atoms with Gasteiger partial charge in [0.1, 0.15) is 0 Å². The lowest BCUT2D eigenvalue weighted by Gasteiger charge is -2.32. The van der Waals surface area contributed by atoms with Gasteiger partial charge in [-0.15, -0.1) is 0 Å². The largest absolute Gasteiger partial charge is 0.357 e. The summed E-state index contributed by atoms with van der Waals surface area (Å²) in [6, 6.07) is 11.9. The average molecular weight is 310 g/mol. The lowest BCUT2D eigenvalue weighted by molar-refractivity contribution is 0.538. The molecule has 0 saturated heterocycles. The van der Waals surface area contributed by atoms with E-state index < -0.39 is 5.41 Å². The zero-order chi connectivity index (χ0) is 16.3. The van der Waals surface area contributed by atoms with Gasteiger partial charge in [0.15, 0.2) is 0 Å². The molecule has 0 fully saturated rings. The Bertz CT molecular complexity index is 766. The number of hydrogen-bond acceptors (Lipinski definition) is 3. The van der Waals surface area contributed by atoms with Crippen LogP contribution < -0.4 is 5.32 Å². The Balaban J connectivity index is 2.42. The van der Waals surface area contributed by atoms with Crippen LogP contribution in [0.4, 0.5) is 0 Å². The molecule has 1 aliphatic rings. The molecule has 1 heterocycles. The average Bonchev–Trinajstić information content (AvgIpc) is 2.46. The fourth-order valence-electron chi connectivity index (χ4n) is 2.56. The van der Waals surface area contributed by atoms with Crippen LogP contribution in [0.15, 0.2) is 52.9 Å². The Hall–Kier alpha value is -2.49. The van der Waals surface area contributed by atoms with Crippen molar-refractivity contribution in [2.45, 2.75) is 20.8 Å². The van der Waals surface area contributed by atoms with Crippen molar-refractivity contribution >= 4 is 17.7 Å². The van der Waals surface area contributed by atoms with E-state index in [1.807, 2.05) is 57.2 Å². The molecule has 1 N–H and O–H groups in total. The van der Waals surface area contributed by atoms with Crippen molar-refractivity contribution in [1.82, 2.24) is 5.32 Å². The highest BCUT2D eigenvalue weighted by Gasteiger charge is 2.35.